The molecule has 1 aromatic heterocycles. The molecule has 2 amide bonds. The van der Waals surface area contributed by atoms with Crippen LogP contribution >= 0.6 is 0 Å². The number of aliphatic hydroxyl groups excluding tert-OH is 1. The Morgan fingerprint density at radius 2 is 1.89 bits per heavy atom. The molecule has 0 bridgehead atoms. The molecule has 1 aliphatic rings. The quantitative estimate of drug-likeness (QED) is 0.531. The molecular formula is C19H22N4O5. The number of H-pyrrole nitrogens is 1. The van der Waals surface area contributed by atoms with Crippen LogP contribution in [0.3, 0.4) is 0 Å². The average Bonchev–Trinajstić information content (AvgIpc) is 3.35. The summed E-state index contributed by atoms with van der Waals surface area (Å²) in [6.07, 6.45) is 1.42. The van der Waals surface area contributed by atoms with E-state index in [1.807, 2.05) is 0 Å². The monoisotopic (exact) mass is 386 g/mol. The van der Waals surface area contributed by atoms with E-state index < -0.39 is 18.1 Å². The first-order chi connectivity index (χ1) is 13.5. The van der Waals surface area contributed by atoms with Crippen molar-refractivity contribution in [2.24, 2.45) is 5.92 Å². The van der Waals surface area contributed by atoms with E-state index in [1.165, 1.54) is 31.4 Å². The number of benzene rings is 1. The van der Waals surface area contributed by atoms with Gasteiger partial charge in [-0.2, -0.15) is 5.10 Å². The minimum Gasteiger partial charge on any atom is -0.465 e. The van der Waals surface area contributed by atoms with Crippen molar-refractivity contribution in [3.8, 4) is 0 Å². The summed E-state index contributed by atoms with van der Waals surface area (Å²) >= 11 is 0. The molecule has 9 heteroatoms. The van der Waals surface area contributed by atoms with Gasteiger partial charge in [0.05, 0.1) is 37.1 Å². The largest absolute Gasteiger partial charge is 0.465 e. The Labute approximate surface area is 161 Å². The normalized spacial score (nSPS) is 21.1. The molecule has 28 heavy (non-hydrogen) atoms. The van der Waals surface area contributed by atoms with Crippen molar-refractivity contribution in [3.63, 3.8) is 0 Å². The van der Waals surface area contributed by atoms with E-state index in [0.717, 1.165) is 5.69 Å². The number of methoxy groups -OCH3 is 1. The van der Waals surface area contributed by atoms with E-state index in [1.54, 1.807) is 12.3 Å². The van der Waals surface area contributed by atoms with Gasteiger partial charge in [-0.05, 0) is 43.2 Å². The zero-order chi connectivity index (χ0) is 20.1. The maximum Gasteiger partial charge on any atom is 0.337 e. The second kappa shape index (κ2) is 8.66. The number of aromatic nitrogens is 2. The van der Waals surface area contributed by atoms with Crippen molar-refractivity contribution in [1.29, 1.82) is 0 Å². The number of aliphatic hydroxyl groups is 1. The molecule has 148 valence electrons. The number of rotatable bonds is 6. The molecule has 1 fully saturated rings. The maximum atomic E-state index is 12.4. The molecule has 0 unspecified atom stereocenters. The molecule has 1 heterocycles. The molecule has 0 saturated heterocycles. The summed E-state index contributed by atoms with van der Waals surface area (Å²) in [4.78, 5) is 36.2. The van der Waals surface area contributed by atoms with Crippen LogP contribution in [-0.2, 0) is 16.1 Å². The Kier molecular flexibility index (Phi) is 6.05. The lowest BCUT2D eigenvalue weighted by molar-refractivity contribution is -0.125. The van der Waals surface area contributed by atoms with E-state index in [9.17, 15) is 19.5 Å². The minimum absolute atomic E-state index is 0.173. The first kappa shape index (κ1) is 19.6. The molecule has 9 nitrogen and oxygen atoms in total. The number of carbonyl (C=O) groups excluding carboxylic acids is 3. The van der Waals surface area contributed by atoms with Crippen molar-refractivity contribution in [2.75, 3.05) is 7.11 Å². The van der Waals surface area contributed by atoms with Gasteiger partial charge in [-0.3, -0.25) is 14.7 Å². The van der Waals surface area contributed by atoms with Gasteiger partial charge in [-0.25, -0.2) is 4.79 Å². The highest BCUT2D eigenvalue weighted by Gasteiger charge is 2.37. The van der Waals surface area contributed by atoms with Crippen LogP contribution < -0.4 is 10.6 Å². The van der Waals surface area contributed by atoms with Crippen molar-refractivity contribution in [1.82, 2.24) is 20.8 Å². The Bertz CT molecular complexity index is 835. The van der Waals surface area contributed by atoms with Gasteiger partial charge in [-0.1, -0.05) is 0 Å². The molecule has 0 radical (unpaired) electrons. The fraction of sp³-hybridized carbons (Fsp3) is 0.368. The highest BCUT2D eigenvalue weighted by atomic mass is 16.5. The van der Waals surface area contributed by atoms with Gasteiger partial charge >= 0.3 is 5.97 Å². The van der Waals surface area contributed by atoms with Gasteiger partial charge in [-0.15, -0.1) is 0 Å². The molecule has 2 aromatic rings. The molecule has 1 aliphatic carbocycles. The molecule has 1 aromatic carbocycles. The maximum absolute atomic E-state index is 12.4. The van der Waals surface area contributed by atoms with Gasteiger partial charge in [0.2, 0.25) is 5.91 Å². The highest BCUT2D eigenvalue weighted by Crippen LogP contribution is 2.26. The van der Waals surface area contributed by atoms with Gasteiger partial charge in [0.1, 0.15) is 0 Å². The smallest absolute Gasteiger partial charge is 0.337 e. The molecule has 0 spiro atoms. The summed E-state index contributed by atoms with van der Waals surface area (Å²) in [5.74, 6) is -1.42. The van der Waals surface area contributed by atoms with Crippen molar-refractivity contribution in [2.45, 2.75) is 31.5 Å². The van der Waals surface area contributed by atoms with Gasteiger partial charge in [0, 0.05) is 17.7 Å². The predicted octanol–water partition coefficient (Wildman–Crippen LogP) is 0.382. The van der Waals surface area contributed by atoms with Crippen molar-refractivity contribution in [3.05, 3.63) is 53.3 Å². The van der Waals surface area contributed by atoms with Crippen LogP contribution in [0.1, 0.15) is 39.3 Å². The first-order valence-electron chi connectivity index (χ1n) is 8.91. The number of amides is 2. The number of aromatic amines is 1. The second-order valence-electron chi connectivity index (χ2n) is 6.68. The third kappa shape index (κ3) is 4.55. The standard InChI is InChI=1S/C19H22N4O5/c1-28-19(27)12-4-2-11(3-5-12)18(26)22-15-8-13(9-16(15)24)17(25)20-10-14-6-7-21-23-14/h2-7,13,15-16,24H,8-10H2,1H3,(H,20,25)(H,21,23)(H,22,26)/t13-,15+,16+/m0/s1. The Balaban J connectivity index is 1.53. The Morgan fingerprint density at radius 3 is 2.54 bits per heavy atom. The highest BCUT2D eigenvalue weighted by molar-refractivity contribution is 5.96. The third-order valence-electron chi connectivity index (χ3n) is 4.80. The number of carbonyl (C=O) groups is 3. The van der Waals surface area contributed by atoms with Crippen LogP contribution in [0.2, 0.25) is 0 Å². The lowest BCUT2D eigenvalue weighted by atomic mass is 10.1. The summed E-state index contributed by atoms with van der Waals surface area (Å²) in [6, 6.07) is 7.26. The van der Waals surface area contributed by atoms with Crippen LogP contribution in [0.4, 0.5) is 0 Å². The molecule has 3 rings (SSSR count). The SMILES string of the molecule is COC(=O)c1ccc(C(=O)N[C@@H]2C[C@H](C(=O)NCc3ccn[nH]3)C[C@H]2O)cc1. The minimum atomic E-state index is -0.804. The van der Waals surface area contributed by atoms with E-state index in [4.69, 9.17) is 0 Å². The summed E-state index contributed by atoms with van der Waals surface area (Å²) < 4.78 is 4.62. The summed E-state index contributed by atoms with van der Waals surface area (Å²) in [5.41, 5.74) is 1.48. The number of esters is 1. The molecular weight excluding hydrogens is 364 g/mol. The number of ether oxygens (including phenoxy) is 1. The van der Waals surface area contributed by atoms with Crippen LogP contribution in [0.5, 0.6) is 0 Å². The Hall–Kier alpha value is -3.20. The average molecular weight is 386 g/mol. The third-order valence-corrected chi connectivity index (χ3v) is 4.80. The van der Waals surface area contributed by atoms with E-state index in [2.05, 4.69) is 25.6 Å². The zero-order valence-corrected chi connectivity index (χ0v) is 15.3. The molecule has 4 N–H and O–H groups in total. The van der Waals surface area contributed by atoms with Crippen LogP contribution in [-0.4, -0.2) is 52.3 Å². The van der Waals surface area contributed by atoms with E-state index in [0.29, 0.717) is 24.1 Å². The molecule has 1 saturated carbocycles. The van der Waals surface area contributed by atoms with Gasteiger partial charge in [0.15, 0.2) is 0 Å². The number of nitrogens with zero attached hydrogens (tertiary/aromatic N) is 1. The van der Waals surface area contributed by atoms with Crippen molar-refractivity contribution < 1.29 is 24.2 Å². The van der Waals surface area contributed by atoms with E-state index in [-0.39, 0.29) is 24.2 Å². The fourth-order valence-electron chi connectivity index (χ4n) is 3.22. The zero-order valence-electron chi connectivity index (χ0n) is 15.3. The first-order valence-corrected chi connectivity index (χ1v) is 8.91. The number of nitrogens with one attached hydrogen (secondary N) is 3. The lowest BCUT2D eigenvalue weighted by Crippen LogP contribution is -2.40. The molecule has 0 aliphatic heterocycles. The fourth-order valence-corrected chi connectivity index (χ4v) is 3.22. The van der Waals surface area contributed by atoms with Crippen molar-refractivity contribution >= 4 is 17.8 Å². The summed E-state index contributed by atoms with van der Waals surface area (Å²) in [5, 5.41) is 22.4. The van der Waals surface area contributed by atoms with Crippen LogP contribution in [0.15, 0.2) is 36.5 Å². The lowest BCUT2D eigenvalue weighted by Gasteiger charge is -2.16. The second-order valence-corrected chi connectivity index (χ2v) is 6.68. The topological polar surface area (TPSA) is 133 Å². The Morgan fingerprint density at radius 1 is 1.18 bits per heavy atom. The summed E-state index contributed by atoms with van der Waals surface area (Å²) in [6.45, 7) is 0.328. The van der Waals surface area contributed by atoms with Gasteiger partial charge < -0.3 is 20.5 Å². The summed E-state index contributed by atoms with van der Waals surface area (Å²) in [7, 11) is 1.28. The van der Waals surface area contributed by atoms with Gasteiger partial charge in [0.25, 0.3) is 5.91 Å². The van der Waals surface area contributed by atoms with Crippen LogP contribution in [0.25, 0.3) is 0 Å². The molecule has 3 atom stereocenters. The number of hydrogen-bond acceptors (Lipinski definition) is 6. The van der Waals surface area contributed by atoms with Crippen LogP contribution in [0, 0.1) is 5.92 Å². The number of hydrogen-bond donors (Lipinski definition) is 4. The predicted molar refractivity (Wildman–Crippen MR) is 98.2 cm³/mol. The van der Waals surface area contributed by atoms with E-state index >= 15 is 0 Å².